The molecular weight excluding hydrogens is 372 g/mol. The van der Waals surface area contributed by atoms with Crippen molar-refractivity contribution in [2.45, 2.75) is 32.7 Å². The largest absolute Gasteiger partial charge is 0.465 e. The van der Waals surface area contributed by atoms with E-state index in [4.69, 9.17) is 9.47 Å². The van der Waals surface area contributed by atoms with Crippen LogP contribution in [0.3, 0.4) is 0 Å². The number of H-pyrrole nitrogens is 1. The first kappa shape index (κ1) is 19.0. The highest BCUT2D eigenvalue weighted by Crippen LogP contribution is 2.40. The third kappa shape index (κ3) is 3.22. The molecule has 0 amide bonds. The van der Waals surface area contributed by atoms with E-state index in [1.807, 2.05) is 42.7 Å². The van der Waals surface area contributed by atoms with Crippen LogP contribution in [0, 0.1) is 13.8 Å². The minimum atomic E-state index is -0.591. The third-order valence-corrected chi connectivity index (χ3v) is 5.42. The summed E-state index contributed by atoms with van der Waals surface area (Å²) in [5.41, 5.74) is 3.12. The van der Waals surface area contributed by atoms with Gasteiger partial charge in [-0.1, -0.05) is 18.2 Å². The first-order chi connectivity index (χ1) is 13.9. The van der Waals surface area contributed by atoms with Crippen molar-refractivity contribution in [3.63, 3.8) is 0 Å². The van der Waals surface area contributed by atoms with Crippen LogP contribution in [-0.4, -0.2) is 41.0 Å². The van der Waals surface area contributed by atoms with Crippen LogP contribution < -0.4 is 0 Å². The number of aromatic nitrogens is 2. The average molecular weight is 394 g/mol. The minimum absolute atomic E-state index is 0.255. The zero-order chi connectivity index (χ0) is 20.7. The molecular formula is C22H22N2O5. The molecule has 7 nitrogen and oxygen atoms in total. The maximum Gasteiger partial charge on any atom is 0.340 e. The van der Waals surface area contributed by atoms with Gasteiger partial charge >= 0.3 is 11.9 Å². The van der Waals surface area contributed by atoms with Gasteiger partial charge in [0.25, 0.3) is 0 Å². The van der Waals surface area contributed by atoms with Gasteiger partial charge in [0, 0.05) is 34.5 Å². The summed E-state index contributed by atoms with van der Waals surface area (Å²) in [5.74, 6) is -1.57. The average Bonchev–Trinajstić information content (AvgIpc) is 3.39. The second-order valence-electron chi connectivity index (χ2n) is 7.26. The molecule has 2 aromatic heterocycles. The Morgan fingerprint density at radius 2 is 1.76 bits per heavy atom. The van der Waals surface area contributed by atoms with E-state index >= 15 is 0 Å². The Morgan fingerprint density at radius 3 is 2.45 bits per heavy atom. The van der Waals surface area contributed by atoms with Gasteiger partial charge in [0.2, 0.25) is 5.78 Å². The van der Waals surface area contributed by atoms with E-state index in [1.54, 1.807) is 6.20 Å². The number of aromatic amines is 1. The van der Waals surface area contributed by atoms with Crippen molar-refractivity contribution in [1.82, 2.24) is 9.55 Å². The highest BCUT2D eigenvalue weighted by Gasteiger charge is 2.34. The fourth-order valence-corrected chi connectivity index (χ4v) is 3.95. The van der Waals surface area contributed by atoms with Crippen molar-refractivity contribution in [1.29, 1.82) is 0 Å². The second kappa shape index (κ2) is 7.24. The summed E-state index contributed by atoms with van der Waals surface area (Å²) in [7, 11) is 1.29. The molecule has 1 aliphatic rings. The van der Waals surface area contributed by atoms with E-state index in [-0.39, 0.29) is 11.1 Å². The monoisotopic (exact) mass is 394 g/mol. The maximum atomic E-state index is 12.9. The first-order valence-corrected chi connectivity index (χ1v) is 9.50. The van der Waals surface area contributed by atoms with Gasteiger partial charge in [-0.15, -0.1) is 0 Å². The second-order valence-corrected chi connectivity index (χ2v) is 7.26. The van der Waals surface area contributed by atoms with Crippen molar-refractivity contribution in [3.05, 3.63) is 58.5 Å². The van der Waals surface area contributed by atoms with Crippen molar-refractivity contribution in [3.8, 4) is 0 Å². The van der Waals surface area contributed by atoms with Crippen molar-refractivity contribution >= 4 is 28.6 Å². The lowest BCUT2D eigenvalue weighted by atomic mass is 10.1. The quantitative estimate of drug-likeness (QED) is 0.508. The Kier molecular flexibility index (Phi) is 4.74. The molecule has 29 heavy (non-hydrogen) atoms. The summed E-state index contributed by atoms with van der Waals surface area (Å²) in [5, 5.41) is 0.729. The molecule has 7 heteroatoms. The van der Waals surface area contributed by atoms with Gasteiger partial charge in [-0.3, -0.25) is 4.79 Å². The molecule has 1 aliphatic carbocycles. The van der Waals surface area contributed by atoms with E-state index in [0.717, 1.165) is 23.7 Å². The number of esters is 2. The van der Waals surface area contributed by atoms with Crippen LogP contribution in [-0.2, 0) is 9.47 Å². The van der Waals surface area contributed by atoms with Crippen LogP contribution in [0.15, 0.2) is 30.5 Å². The van der Waals surface area contributed by atoms with E-state index in [0.29, 0.717) is 23.0 Å². The zero-order valence-electron chi connectivity index (χ0n) is 16.6. The van der Waals surface area contributed by atoms with Gasteiger partial charge in [-0.25, -0.2) is 9.59 Å². The third-order valence-electron chi connectivity index (χ3n) is 5.42. The van der Waals surface area contributed by atoms with Crippen molar-refractivity contribution in [2.24, 2.45) is 0 Å². The molecule has 4 rings (SSSR count). The minimum Gasteiger partial charge on any atom is -0.465 e. The highest BCUT2D eigenvalue weighted by molar-refractivity contribution is 6.10. The van der Waals surface area contributed by atoms with Gasteiger partial charge in [0.15, 0.2) is 6.61 Å². The lowest BCUT2D eigenvalue weighted by Gasteiger charge is -2.07. The Labute approximate surface area is 167 Å². The van der Waals surface area contributed by atoms with Crippen LogP contribution in [0.4, 0.5) is 0 Å². The lowest BCUT2D eigenvalue weighted by Crippen LogP contribution is -2.17. The molecule has 0 saturated heterocycles. The number of methoxy groups -OCH3 is 1. The first-order valence-electron chi connectivity index (χ1n) is 9.50. The van der Waals surface area contributed by atoms with Crippen molar-refractivity contribution < 1.29 is 23.9 Å². The van der Waals surface area contributed by atoms with Gasteiger partial charge in [-0.05, 0) is 32.8 Å². The Bertz CT molecular complexity index is 1130. The molecule has 150 valence electrons. The smallest absolute Gasteiger partial charge is 0.340 e. The van der Waals surface area contributed by atoms with E-state index in [1.165, 1.54) is 7.11 Å². The van der Waals surface area contributed by atoms with Crippen LogP contribution in [0.1, 0.15) is 61.3 Å². The predicted molar refractivity (Wildman–Crippen MR) is 106 cm³/mol. The molecule has 1 N–H and O–H groups in total. The number of nitrogens with zero attached hydrogens (tertiary/aromatic N) is 1. The normalized spacial score (nSPS) is 13.5. The maximum absolute atomic E-state index is 12.9. The number of rotatable bonds is 6. The molecule has 1 saturated carbocycles. The molecule has 0 spiro atoms. The molecule has 1 fully saturated rings. The van der Waals surface area contributed by atoms with Crippen LogP contribution >= 0.6 is 0 Å². The summed E-state index contributed by atoms with van der Waals surface area (Å²) < 4.78 is 12.2. The zero-order valence-corrected chi connectivity index (χ0v) is 16.6. The summed E-state index contributed by atoms with van der Waals surface area (Å²) >= 11 is 0. The van der Waals surface area contributed by atoms with Crippen LogP contribution in [0.5, 0.6) is 0 Å². The summed E-state index contributed by atoms with van der Waals surface area (Å²) in [6, 6.07) is 7.65. The molecule has 0 atom stereocenters. The standard InChI is InChI=1S/C22H22N2O5/c1-12-19(20(22(27)28-3)13(2)24(12)14-8-9-14)18(25)11-29-21(26)16-10-23-17-7-5-4-6-15(16)17/h4-7,10,14,23H,8-9,11H2,1-3H3. The number of hydrogen-bond acceptors (Lipinski definition) is 5. The molecule has 0 unspecified atom stereocenters. The fraction of sp³-hybridized carbons (Fsp3) is 0.318. The van der Waals surface area contributed by atoms with E-state index in [9.17, 15) is 14.4 Å². The van der Waals surface area contributed by atoms with Gasteiger partial charge in [0.1, 0.15) is 0 Å². The summed E-state index contributed by atoms with van der Waals surface area (Å²) in [4.78, 5) is 40.8. The number of Topliss-reactive ketones (excluding diaryl/α,β-unsaturated/α-hetero) is 1. The molecule has 1 aromatic carbocycles. The molecule has 3 aromatic rings. The Hall–Kier alpha value is -3.35. The van der Waals surface area contributed by atoms with Crippen LogP contribution in [0.25, 0.3) is 10.9 Å². The Balaban J connectivity index is 1.59. The molecule has 0 radical (unpaired) electrons. The highest BCUT2D eigenvalue weighted by atomic mass is 16.5. The molecule has 0 aliphatic heterocycles. The van der Waals surface area contributed by atoms with Crippen LogP contribution in [0.2, 0.25) is 0 Å². The topological polar surface area (TPSA) is 90.4 Å². The number of ketones is 1. The van der Waals surface area contributed by atoms with E-state index < -0.39 is 24.3 Å². The summed E-state index contributed by atoms with van der Waals surface area (Å²) in [6.07, 6.45) is 3.59. The number of carbonyl (C=O) groups is 3. The van der Waals surface area contributed by atoms with Gasteiger partial charge < -0.3 is 19.0 Å². The van der Waals surface area contributed by atoms with Gasteiger partial charge in [-0.2, -0.15) is 0 Å². The van der Waals surface area contributed by atoms with Gasteiger partial charge in [0.05, 0.1) is 23.8 Å². The predicted octanol–water partition coefficient (Wildman–Crippen LogP) is 3.75. The van der Waals surface area contributed by atoms with E-state index in [2.05, 4.69) is 4.98 Å². The molecule has 2 heterocycles. The number of carbonyl (C=O) groups excluding carboxylic acids is 3. The fourth-order valence-electron chi connectivity index (χ4n) is 3.95. The van der Waals surface area contributed by atoms with Crippen molar-refractivity contribution in [2.75, 3.05) is 13.7 Å². The number of benzene rings is 1. The summed E-state index contributed by atoms with van der Waals surface area (Å²) in [6.45, 7) is 3.18. The number of hydrogen-bond donors (Lipinski definition) is 1. The Morgan fingerprint density at radius 1 is 1.07 bits per heavy atom. The number of nitrogens with one attached hydrogen (secondary N) is 1. The SMILES string of the molecule is COC(=O)c1c(C(=O)COC(=O)c2c[nH]c3ccccc23)c(C)n(C2CC2)c1C. The number of fused-ring (bicyclic) bond motifs is 1. The molecule has 0 bridgehead atoms. The lowest BCUT2D eigenvalue weighted by molar-refractivity contribution is 0.0475. The number of para-hydroxylation sites is 1. The number of ether oxygens (including phenoxy) is 2.